The number of nitrogens with one attached hydrogen (secondary N) is 1. The fourth-order valence-electron chi connectivity index (χ4n) is 2.52. The Labute approximate surface area is 99.2 Å². The molecule has 0 saturated heterocycles. The maximum atomic E-state index is 11.7. The number of amides is 1. The van der Waals surface area contributed by atoms with E-state index >= 15 is 0 Å². The van der Waals surface area contributed by atoms with Crippen LogP contribution in [0.25, 0.3) is 0 Å². The molecule has 1 aliphatic rings. The lowest BCUT2D eigenvalue weighted by Gasteiger charge is -2.24. The summed E-state index contributed by atoms with van der Waals surface area (Å²) in [6, 6.07) is 0. The first kappa shape index (κ1) is 13.5. The Balaban J connectivity index is 2.16. The van der Waals surface area contributed by atoms with E-state index in [1.165, 1.54) is 32.1 Å². The molecule has 0 aliphatic heterocycles. The van der Waals surface area contributed by atoms with Crippen LogP contribution in [0.2, 0.25) is 0 Å². The van der Waals surface area contributed by atoms with Gasteiger partial charge < -0.3 is 11.1 Å². The fourth-order valence-corrected chi connectivity index (χ4v) is 2.52. The number of hydrogen-bond acceptors (Lipinski definition) is 2. The molecule has 3 nitrogen and oxygen atoms in total. The van der Waals surface area contributed by atoms with E-state index in [0.29, 0.717) is 6.54 Å². The molecule has 16 heavy (non-hydrogen) atoms. The van der Waals surface area contributed by atoms with Crippen LogP contribution in [0.5, 0.6) is 0 Å². The Morgan fingerprint density at radius 1 is 1.38 bits per heavy atom. The second kappa shape index (κ2) is 7.66. The number of carbonyl (C=O) groups excluding carboxylic acids is 1. The van der Waals surface area contributed by atoms with Crippen molar-refractivity contribution in [2.75, 3.05) is 13.1 Å². The van der Waals surface area contributed by atoms with Crippen molar-refractivity contribution in [1.29, 1.82) is 0 Å². The Morgan fingerprint density at radius 2 is 2.06 bits per heavy atom. The summed E-state index contributed by atoms with van der Waals surface area (Å²) in [7, 11) is 0. The summed E-state index contributed by atoms with van der Waals surface area (Å²) >= 11 is 0. The van der Waals surface area contributed by atoms with E-state index < -0.39 is 0 Å². The normalized spacial score (nSPS) is 19.4. The maximum absolute atomic E-state index is 11.7. The summed E-state index contributed by atoms with van der Waals surface area (Å²) in [5.41, 5.74) is 5.39. The lowest BCUT2D eigenvalue weighted by Crippen LogP contribution is -2.32. The highest BCUT2D eigenvalue weighted by atomic mass is 16.1. The van der Waals surface area contributed by atoms with Gasteiger partial charge in [0, 0.05) is 12.5 Å². The van der Waals surface area contributed by atoms with Gasteiger partial charge in [-0.15, -0.1) is 0 Å². The molecule has 1 fully saturated rings. The first-order chi connectivity index (χ1) is 7.74. The molecule has 1 rings (SSSR count). The summed E-state index contributed by atoms with van der Waals surface area (Å²) in [6.45, 7) is 3.42. The lowest BCUT2D eigenvalue weighted by molar-refractivity contribution is -0.125. The third kappa shape index (κ3) is 4.97. The molecule has 0 aromatic heterocycles. The number of nitrogens with two attached hydrogens (primary N) is 1. The second-order valence-electron chi connectivity index (χ2n) is 5.07. The second-order valence-corrected chi connectivity index (χ2v) is 5.07. The molecule has 94 valence electrons. The molecule has 0 spiro atoms. The SMILES string of the molecule is CC(CC1CCCCC1)C(=O)NCCCN. The number of hydrogen-bond donors (Lipinski definition) is 2. The van der Waals surface area contributed by atoms with E-state index in [2.05, 4.69) is 5.32 Å². The van der Waals surface area contributed by atoms with Crippen molar-refractivity contribution >= 4 is 5.91 Å². The Morgan fingerprint density at radius 3 is 2.69 bits per heavy atom. The minimum atomic E-state index is 0.167. The van der Waals surface area contributed by atoms with E-state index in [0.717, 1.165) is 25.3 Å². The van der Waals surface area contributed by atoms with Crippen LogP contribution in [-0.2, 0) is 4.79 Å². The van der Waals surface area contributed by atoms with Gasteiger partial charge in [-0.3, -0.25) is 4.79 Å². The highest BCUT2D eigenvalue weighted by molar-refractivity contribution is 5.78. The van der Waals surface area contributed by atoms with Gasteiger partial charge in [0.15, 0.2) is 0 Å². The highest BCUT2D eigenvalue weighted by Crippen LogP contribution is 2.28. The van der Waals surface area contributed by atoms with E-state index in [-0.39, 0.29) is 11.8 Å². The van der Waals surface area contributed by atoms with Crippen molar-refractivity contribution in [1.82, 2.24) is 5.32 Å². The van der Waals surface area contributed by atoms with Crippen LogP contribution >= 0.6 is 0 Å². The van der Waals surface area contributed by atoms with Gasteiger partial charge in [-0.25, -0.2) is 0 Å². The molecule has 3 heteroatoms. The molecule has 0 heterocycles. The third-order valence-electron chi connectivity index (χ3n) is 3.54. The van der Waals surface area contributed by atoms with Gasteiger partial charge in [-0.2, -0.15) is 0 Å². The molecular weight excluding hydrogens is 200 g/mol. The van der Waals surface area contributed by atoms with E-state index in [4.69, 9.17) is 5.73 Å². The topological polar surface area (TPSA) is 55.1 Å². The zero-order valence-electron chi connectivity index (χ0n) is 10.5. The maximum Gasteiger partial charge on any atom is 0.222 e. The van der Waals surface area contributed by atoms with Gasteiger partial charge in [0.1, 0.15) is 0 Å². The summed E-state index contributed by atoms with van der Waals surface area (Å²) in [4.78, 5) is 11.7. The van der Waals surface area contributed by atoms with Gasteiger partial charge in [0.25, 0.3) is 0 Å². The van der Waals surface area contributed by atoms with Gasteiger partial charge in [0.05, 0.1) is 0 Å². The molecular formula is C13H26N2O. The standard InChI is InChI=1S/C13H26N2O/c1-11(13(16)15-9-5-8-14)10-12-6-3-2-4-7-12/h11-12H,2-10,14H2,1H3,(H,15,16). The lowest BCUT2D eigenvalue weighted by atomic mass is 9.83. The third-order valence-corrected chi connectivity index (χ3v) is 3.54. The minimum absolute atomic E-state index is 0.167. The van der Waals surface area contributed by atoms with Crippen LogP contribution in [0, 0.1) is 11.8 Å². The van der Waals surface area contributed by atoms with Crippen molar-refractivity contribution < 1.29 is 4.79 Å². The van der Waals surface area contributed by atoms with Gasteiger partial charge in [-0.1, -0.05) is 39.0 Å². The van der Waals surface area contributed by atoms with Crippen LogP contribution in [0.15, 0.2) is 0 Å². The highest BCUT2D eigenvalue weighted by Gasteiger charge is 2.20. The van der Waals surface area contributed by atoms with Crippen molar-refractivity contribution in [2.45, 2.75) is 51.9 Å². The monoisotopic (exact) mass is 226 g/mol. The zero-order chi connectivity index (χ0) is 11.8. The van der Waals surface area contributed by atoms with Crippen molar-refractivity contribution in [3.8, 4) is 0 Å². The first-order valence-corrected chi connectivity index (χ1v) is 6.71. The van der Waals surface area contributed by atoms with Gasteiger partial charge in [0.2, 0.25) is 5.91 Å². The average molecular weight is 226 g/mol. The van der Waals surface area contributed by atoms with E-state index in [1.54, 1.807) is 0 Å². The molecule has 3 N–H and O–H groups in total. The minimum Gasteiger partial charge on any atom is -0.356 e. The molecule has 0 radical (unpaired) electrons. The summed E-state index contributed by atoms with van der Waals surface area (Å²) < 4.78 is 0. The molecule has 1 unspecified atom stereocenters. The van der Waals surface area contributed by atoms with Crippen molar-refractivity contribution in [3.05, 3.63) is 0 Å². The molecule has 1 atom stereocenters. The number of rotatable bonds is 6. The molecule has 0 bridgehead atoms. The Kier molecular flexibility index (Phi) is 6.46. The fraction of sp³-hybridized carbons (Fsp3) is 0.923. The molecule has 1 saturated carbocycles. The number of carbonyl (C=O) groups is 1. The van der Waals surface area contributed by atoms with Crippen molar-refractivity contribution in [3.63, 3.8) is 0 Å². The van der Waals surface area contributed by atoms with Gasteiger partial charge >= 0.3 is 0 Å². The van der Waals surface area contributed by atoms with E-state index in [9.17, 15) is 4.79 Å². The van der Waals surface area contributed by atoms with Crippen molar-refractivity contribution in [2.24, 2.45) is 17.6 Å². The Bertz CT molecular complexity index is 200. The first-order valence-electron chi connectivity index (χ1n) is 6.71. The summed E-state index contributed by atoms with van der Waals surface area (Å²) in [5, 5.41) is 2.95. The smallest absolute Gasteiger partial charge is 0.222 e. The zero-order valence-corrected chi connectivity index (χ0v) is 10.5. The van der Waals surface area contributed by atoms with E-state index in [1.807, 2.05) is 6.92 Å². The Hall–Kier alpha value is -0.570. The van der Waals surface area contributed by atoms with Crippen LogP contribution in [0.3, 0.4) is 0 Å². The molecule has 0 aromatic rings. The van der Waals surface area contributed by atoms with Crippen LogP contribution in [0.1, 0.15) is 51.9 Å². The quantitative estimate of drug-likeness (QED) is 0.681. The van der Waals surface area contributed by atoms with Crippen LogP contribution < -0.4 is 11.1 Å². The predicted molar refractivity (Wildman–Crippen MR) is 67.0 cm³/mol. The predicted octanol–water partition coefficient (Wildman–Crippen LogP) is 2.06. The van der Waals surface area contributed by atoms with Crippen LogP contribution in [0.4, 0.5) is 0 Å². The summed E-state index contributed by atoms with van der Waals surface area (Å²) in [6.07, 6.45) is 8.67. The summed E-state index contributed by atoms with van der Waals surface area (Å²) in [5.74, 6) is 1.16. The van der Waals surface area contributed by atoms with Gasteiger partial charge in [-0.05, 0) is 25.3 Å². The van der Waals surface area contributed by atoms with Crippen LogP contribution in [-0.4, -0.2) is 19.0 Å². The average Bonchev–Trinajstić information content (AvgIpc) is 2.30. The largest absolute Gasteiger partial charge is 0.356 e. The molecule has 1 aliphatic carbocycles. The molecule has 1 amide bonds. The molecule has 0 aromatic carbocycles.